The molecular weight excluding hydrogens is 242 g/mol. The summed E-state index contributed by atoms with van der Waals surface area (Å²) in [6, 6.07) is -1.15. The van der Waals surface area contributed by atoms with Crippen molar-refractivity contribution in [3.05, 3.63) is 0 Å². The Morgan fingerprint density at radius 3 is 1.33 bits per heavy atom. The number of hydrogen-bond donors (Lipinski definition) is 1. The van der Waals surface area contributed by atoms with E-state index in [0.717, 1.165) is 6.55 Å². The molecule has 0 saturated heterocycles. The first kappa shape index (κ1) is 14.8. The van der Waals surface area contributed by atoms with Gasteiger partial charge in [0.1, 0.15) is 0 Å². The van der Waals surface area contributed by atoms with Crippen LogP contribution in [-0.2, 0) is 0 Å². The van der Waals surface area contributed by atoms with Gasteiger partial charge in [0, 0.05) is 12.8 Å². The van der Waals surface area contributed by atoms with Crippen molar-refractivity contribution in [3.63, 3.8) is 0 Å². The Morgan fingerprint density at radius 1 is 0.867 bits per heavy atom. The van der Waals surface area contributed by atoms with Crippen LogP contribution in [0.4, 0.5) is 26.3 Å². The molecule has 0 aliphatic carbocycles. The molecule has 92 valence electrons. The first-order valence-electron chi connectivity index (χ1n) is 4.27. The van der Waals surface area contributed by atoms with E-state index in [4.69, 9.17) is 0 Å². The minimum absolute atomic E-state index is 0.577. The summed E-state index contributed by atoms with van der Waals surface area (Å²) in [5.41, 5.74) is 0. The molecule has 0 aliphatic heterocycles. The maximum absolute atomic E-state index is 11.7. The molecule has 0 bridgehead atoms. The summed E-state index contributed by atoms with van der Waals surface area (Å²) in [5, 5.41) is 0. The van der Waals surface area contributed by atoms with E-state index in [0.29, 0.717) is 0 Å². The molecule has 15 heavy (non-hydrogen) atoms. The van der Waals surface area contributed by atoms with Crippen LogP contribution in [0.15, 0.2) is 0 Å². The van der Waals surface area contributed by atoms with E-state index in [1.165, 1.54) is 0 Å². The summed E-state index contributed by atoms with van der Waals surface area (Å²) in [5.74, 6) is 0. The van der Waals surface area contributed by atoms with Crippen molar-refractivity contribution in [3.8, 4) is 0 Å². The van der Waals surface area contributed by atoms with Gasteiger partial charge < -0.3 is 4.80 Å². The van der Waals surface area contributed by atoms with Crippen LogP contribution >= 0.6 is 0 Å². The predicted molar refractivity (Wildman–Crippen MR) is 44.8 cm³/mol. The zero-order chi connectivity index (χ0) is 12.3. The van der Waals surface area contributed by atoms with Crippen molar-refractivity contribution in [2.45, 2.75) is 43.8 Å². The van der Waals surface area contributed by atoms with Gasteiger partial charge in [0.05, 0.1) is 0 Å². The molecule has 0 aliphatic rings. The largest absolute Gasteiger partial charge is 0.432 e. The van der Waals surface area contributed by atoms with Gasteiger partial charge in [-0.2, -0.15) is 26.3 Å². The summed E-state index contributed by atoms with van der Waals surface area (Å²) in [7, 11) is -3.36. The minimum atomic E-state index is -4.42. The molecule has 8 heteroatoms. The highest BCUT2D eigenvalue weighted by atomic mass is 28.4. The first-order chi connectivity index (χ1) is 6.41. The normalized spacial score (nSPS) is 14.4. The molecule has 0 radical (unpaired) electrons. The van der Waals surface area contributed by atoms with Crippen LogP contribution in [-0.4, -0.2) is 25.5 Å². The smallest absolute Gasteiger partial charge is 0.388 e. The highest BCUT2D eigenvalue weighted by Crippen LogP contribution is 2.30. The van der Waals surface area contributed by atoms with Gasteiger partial charge in [0.25, 0.3) is 0 Å². The van der Waals surface area contributed by atoms with Crippen LogP contribution in [0.3, 0.4) is 0 Å². The van der Waals surface area contributed by atoms with Gasteiger partial charge in [0.15, 0.2) is 8.32 Å². The highest BCUT2D eigenvalue weighted by molar-refractivity contribution is 6.71. The van der Waals surface area contributed by atoms with Crippen LogP contribution in [0.1, 0.15) is 12.8 Å². The van der Waals surface area contributed by atoms with Crippen molar-refractivity contribution >= 4 is 8.32 Å². The number of hydrogen-bond acceptors (Lipinski definition) is 1. The lowest BCUT2D eigenvalue weighted by atomic mass is 10.5. The molecule has 0 aromatic rings. The van der Waals surface area contributed by atoms with E-state index in [9.17, 15) is 31.1 Å². The van der Waals surface area contributed by atoms with Crippen LogP contribution in [0.5, 0.6) is 0 Å². The fourth-order valence-corrected chi connectivity index (χ4v) is 2.84. The van der Waals surface area contributed by atoms with Gasteiger partial charge in [0.2, 0.25) is 0 Å². The quantitative estimate of drug-likeness (QED) is 0.601. The third kappa shape index (κ3) is 10.0. The number of alkyl halides is 6. The van der Waals surface area contributed by atoms with Gasteiger partial charge in [-0.3, -0.25) is 0 Å². The van der Waals surface area contributed by atoms with Crippen LogP contribution in [0.25, 0.3) is 0 Å². The van der Waals surface area contributed by atoms with Crippen molar-refractivity contribution in [1.29, 1.82) is 0 Å². The first-order valence-corrected chi connectivity index (χ1v) is 7.13. The standard InChI is InChI=1S/C7H12F6OSi/c1-15(14,4-2-6(8,9)10)5-3-7(11,12)13/h14H,2-5H2,1H3. The summed E-state index contributed by atoms with van der Waals surface area (Å²) < 4.78 is 70.5. The Bertz CT molecular complexity index is 177. The minimum Gasteiger partial charge on any atom is -0.432 e. The molecule has 0 aromatic carbocycles. The molecule has 0 amide bonds. The van der Waals surface area contributed by atoms with Crippen molar-refractivity contribution < 1.29 is 31.1 Å². The van der Waals surface area contributed by atoms with Crippen LogP contribution in [0.2, 0.25) is 18.6 Å². The van der Waals surface area contributed by atoms with E-state index < -0.39 is 45.6 Å². The average molecular weight is 254 g/mol. The molecule has 0 atom stereocenters. The van der Waals surface area contributed by atoms with Gasteiger partial charge in [-0.25, -0.2) is 0 Å². The third-order valence-corrected chi connectivity index (χ3v) is 4.55. The Labute approximate surface area is 84.2 Å². The van der Waals surface area contributed by atoms with E-state index in [1.807, 2.05) is 0 Å². The number of halogens is 6. The summed E-state index contributed by atoms with van der Waals surface area (Å²) in [4.78, 5) is 9.38. The second-order valence-corrected chi connectivity index (χ2v) is 7.72. The Balaban J connectivity index is 3.98. The SMILES string of the molecule is C[Si](O)(CCC(F)(F)F)CCC(F)(F)F. The third-order valence-electron chi connectivity index (χ3n) is 1.89. The second-order valence-electron chi connectivity index (χ2n) is 3.73. The van der Waals surface area contributed by atoms with Gasteiger partial charge in [-0.1, -0.05) is 0 Å². The lowest BCUT2D eigenvalue weighted by Crippen LogP contribution is -2.33. The topological polar surface area (TPSA) is 20.2 Å². The molecule has 0 unspecified atom stereocenters. The molecule has 0 rings (SSSR count). The molecule has 0 aromatic heterocycles. The Hall–Kier alpha value is -0.243. The average Bonchev–Trinajstić information content (AvgIpc) is 1.96. The highest BCUT2D eigenvalue weighted by Gasteiger charge is 2.37. The Kier molecular flexibility index (Phi) is 4.65. The van der Waals surface area contributed by atoms with Gasteiger partial charge in [-0.05, 0) is 18.6 Å². The lowest BCUT2D eigenvalue weighted by Gasteiger charge is -2.21. The maximum atomic E-state index is 11.7. The molecule has 0 fully saturated rings. The fraction of sp³-hybridized carbons (Fsp3) is 1.00. The molecular formula is C7H12F6OSi. The van der Waals surface area contributed by atoms with Crippen LogP contribution in [0, 0.1) is 0 Å². The molecule has 1 nitrogen and oxygen atoms in total. The van der Waals surface area contributed by atoms with Crippen molar-refractivity contribution in [2.24, 2.45) is 0 Å². The summed E-state index contributed by atoms with van der Waals surface area (Å²) in [6.07, 6.45) is -11.3. The van der Waals surface area contributed by atoms with E-state index >= 15 is 0 Å². The van der Waals surface area contributed by atoms with Crippen molar-refractivity contribution in [1.82, 2.24) is 0 Å². The van der Waals surface area contributed by atoms with E-state index in [-0.39, 0.29) is 0 Å². The molecule has 0 spiro atoms. The lowest BCUT2D eigenvalue weighted by molar-refractivity contribution is -0.132. The monoisotopic (exact) mass is 254 g/mol. The second kappa shape index (κ2) is 4.73. The number of rotatable bonds is 4. The summed E-state index contributed by atoms with van der Waals surface area (Å²) in [6.45, 7) is 1.12. The van der Waals surface area contributed by atoms with E-state index in [1.54, 1.807) is 0 Å². The van der Waals surface area contributed by atoms with Crippen LogP contribution < -0.4 is 0 Å². The van der Waals surface area contributed by atoms with E-state index in [2.05, 4.69) is 0 Å². The van der Waals surface area contributed by atoms with Gasteiger partial charge >= 0.3 is 12.4 Å². The summed E-state index contributed by atoms with van der Waals surface area (Å²) >= 11 is 0. The zero-order valence-electron chi connectivity index (χ0n) is 8.04. The molecule has 0 saturated carbocycles. The maximum Gasteiger partial charge on any atom is 0.388 e. The Morgan fingerprint density at radius 2 is 1.13 bits per heavy atom. The molecule has 1 N–H and O–H groups in total. The van der Waals surface area contributed by atoms with Gasteiger partial charge in [-0.15, -0.1) is 0 Å². The zero-order valence-corrected chi connectivity index (χ0v) is 9.04. The predicted octanol–water partition coefficient (Wildman–Crippen LogP) is 3.46. The molecule has 0 heterocycles. The van der Waals surface area contributed by atoms with Crippen molar-refractivity contribution in [2.75, 3.05) is 0 Å². The fourth-order valence-electron chi connectivity index (χ4n) is 0.947.